The van der Waals surface area contributed by atoms with E-state index in [0.29, 0.717) is 24.9 Å². The lowest BCUT2D eigenvalue weighted by Crippen LogP contribution is -2.07. The summed E-state index contributed by atoms with van der Waals surface area (Å²) in [6.45, 7) is 11.0. The van der Waals surface area contributed by atoms with Crippen molar-refractivity contribution >= 4 is 5.97 Å². The number of ether oxygens (including phenoxy) is 1. The number of aryl methyl sites for hydroxylation is 1. The number of carbonyl (C=O) groups is 1. The Morgan fingerprint density at radius 1 is 1.17 bits per heavy atom. The summed E-state index contributed by atoms with van der Waals surface area (Å²) in [4.78, 5) is 10.5. The molecular weight excluding hydrogens is 224 g/mol. The van der Waals surface area contributed by atoms with Crippen LogP contribution < -0.4 is 0 Å². The van der Waals surface area contributed by atoms with Crippen LogP contribution in [0.1, 0.15) is 39.7 Å². The first kappa shape index (κ1) is 16.7. The van der Waals surface area contributed by atoms with Crippen molar-refractivity contribution < 1.29 is 9.53 Å². The van der Waals surface area contributed by atoms with Crippen LogP contribution in [0.25, 0.3) is 0 Å². The fraction of sp³-hybridized carbons (Fsp3) is 0.562. The Hall–Kier alpha value is -1.31. The van der Waals surface area contributed by atoms with Crippen LogP contribution in [0.4, 0.5) is 0 Å². The molecule has 1 heterocycles. The molecule has 102 valence electrons. The molecule has 1 aliphatic heterocycles. The predicted molar refractivity (Wildman–Crippen MR) is 76.4 cm³/mol. The van der Waals surface area contributed by atoms with E-state index in [1.54, 1.807) is 0 Å². The van der Waals surface area contributed by atoms with E-state index in [4.69, 9.17) is 4.74 Å². The Morgan fingerprint density at radius 3 is 1.94 bits per heavy atom. The van der Waals surface area contributed by atoms with Crippen LogP contribution in [0.2, 0.25) is 0 Å². The lowest BCUT2D eigenvalue weighted by atomic mass is 9.95. The van der Waals surface area contributed by atoms with Gasteiger partial charge in [0.1, 0.15) is 0 Å². The molecule has 1 fully saturated rings. The molecule has 0 amide bonds. The maximum atomic E-state index is 10.5. The van der Waals surface area contributed by atoms with Crippen molar-refractivity contribution in [1.29, 1.82) is 0 Å². The van der Waals surface area contributed by atoms with Gasteiger partial charge >= 0.3 is 5.97 Å². The number of esters is 1. The highest BCUT2D eigenvalue weighted by molar-refractivity contribution is 5.71. The normalized spacial score (nSPS) is 17.2. The minimum absolute atomic E-state index is 0.0336. The van der Waals surface area contributed by atoms with Crippen LogP contribution >= 0.6 is 0 Å². The zero-order valence-electron chi connectivity index (χ0n) is 12.3. The molecule has 1 aliphatic rings. The van der Waals surface area contributed by atoms with E-state index < -0.39 is 0 Å². The van der Waals surface area contributed by atoms with E-state index >= 15 is 0 Å². The first-order valence-electron chi connectivity index (χ1n) is 6.77. The second-order valence-corrected chi connectivity index (χ2v) is 4.55. The lowest BCUT2D eigenvalue weighted by molar-refractivity contribution is -0.137. The number of cyclic esters (lactones) is 1. The van der Waals surface area contributed by atoms with Crippen molar-refractivity contribution in [3.05, 3.63) is 35.9 Å². The minimum Gasteiger partial charge on any atom is -0.465 e. The van der Waals surface area contributed by atoms with Crippen molar-refractivity contribution in [1.82, 2.24) is 0 Å². The molecule has 1 aromatic rings. The maximum absolute atomic E-state index is 10.5. The van der Waals surface area contributed by atoms with E-state index in [0.717, 1.165) is 0 Å². The topological polar surface area (TPSA) is 26.3 Å². The molecule has 0 spiro atoms. The Morgan fingerprint density at radius 2 is 1.72 bits per heavy atom. The molecule has 1 unspecified atom stereocenters. The number of hydrogen-bond acceptors (Lipinski definition) is 2. The molecule has 2 nitrogen and oxygen atoms in total. The number of rotatable bonds is 1. The first-order valence-corrected chi connectivity index (χ1v) is 6.77. The van der Waals surface area contributed by atoms with Crippen molar-refractivity contribution in [2.24, 2.45) is 11.8 Å². The average molecular weight is 250 g/mol. The fourth-order valence-corrected chi connectivity index (χ4v) is 1.49. The summed E-state index contributed by atoms with van der Waals surface area (Å²) < 4.78 is 4.79. The predicted octanol–water partition coefficient (Wildman–Crippen LogP) is 4.23. The fourth-order valence-electron chi connectivity index (χ4n) is 1.49. The molecular formula is C16H26O2. The van der Waals surface area contributed by atoms with Gasteiger partial charge < -0.3 is 4.74 Å². The van der Waals surface area contributed by atoms with E-state index in [1.165, 1.54) is 5.56 Å². The molecule has 1 aromatic carbocycles. The highest BCUT2D eigenvalue weighted by atomic mass is 16.5. The van der Waals surface area contributed by atoms with Crippen LogP contribution in [0.3, 0.4) is 0 Å². The van der Waals surface area contributed by atoms with E-state index in [9.17, 15) is 4.79 Å². The molecule has 1 saturated heterocycles. The Bertz CT molecular complexity index is 317. The Labute approximate surface area is 111 Å². The van der Waals surface area contributed by atoms with Gasteiger partial charge in [-0.2, -0.15) is 0 Å². The average Bonchev–Trinajstić information content (AvgIpc) is 2.80. The van der Waals surface area contributed by atoms with Gasteiger partial charge in [0, 0.05) is 5.92 Å². The van der Waals surface area contributed by atoms with Crippen molar-refractivity contribution in [3.8, 4) is 0 Å². The Kier molecular flexibility index (Phi) is 8.99. The van der Waals surface area contributed by atoms with Gasteiger partial charge in [0.2, 0.25) is 0 Å². The van der Waals surface area contributed by atoms with Crippen LogP contribution in [-0.4, -0.2) is 12.6 Å². The molecule has 2 heteroatoms. The number of carbonyl (C=O) groups excluding carboxylic acids is 1. The summed E-state index contributed by atoms with van der Waals surface area (Å²) in [5.41, 5.74) is 1.32. The van der Waals surface area contributed by atoms with Gasteiger partial charge in [0.15, 0.2) is 0 Å². The standard InChI is InChI=1S/C7H12O2.C7H8.C2H6/c1-5(2)6-3-7(8)9-4-6;1-7-5-3-2-4-6-7;1-2/h5-6H,3-4H2,1-2H3;2-6H,1H3;1-2H3. The summed E-state index contributed by atoms with van der Waals surface area (Å²) in [6.07, 6.45) is 0.623. The molecule has 0 aromatic heterocycles. The third-order valence-corrected chi connectivity index (χ3v) is 2.77. The van der Waals surface area contributed by atoms with Crippen LogP contribution in [0.15, 0.2) is 30.3 Å². The zero-order valence-corrected chi connectivity index (χ0v) is 12.3. The molecule has 1 atom stereocenters. The maximum Gasteiger partial charge on any atom is 0.306 e. The molecule has 0 radical (unpaired) electrons. The molecule has 0 N–H and O–H groups in total. The quantitative estimate of drug-likeness (QED) is 0.697. The summed E-state index contributed by atoms with van der Waals surface area (Å²) >= 11 is 0. The third-order valence-electron chi connectivity index (χ3n) is 2.77. The SMILES string of the molecule is CC.CC(C)C1COC(=O)C1.Cc1ccccc1. The van der Waals surface area contributed by atoms with Gasteiger partial charge in [-0.1, -0.05) is 63.6 Å². The van der Waals surface area contributed by atoms with Crippen molar-refractivity contribution in [2.45, 2.75) is 41.0 Å². The highest BCUT2D eigenvalue weighted by Crippen LogP contribution is 2.21. The van der Waals surface area contributed by atoms with Crippen molar-refractivity contribution in [3.63, 3.8) is 0 Å². The summed E-state index contributed by atoms with van der Waals surface area (Å²) in [7, 11) is 0. The lowest BCUT2D eigenvalue weighted by Gasteiger charge is -2.07. The van der Waals surface area contributed by atoms with Gasteiger partial charge in [0.25, 0.3) is 0 Å². The monoisotopic (exact) mass is 250 g/mol. The van der Waals surface area contributed by atoms with Crippen LogP contribution in [0.5, 0.6) is 0 Å². The smallest absolute Gasteiger partial charge is 0.306 e. The summed E-state index contributed by atoms with van der Waals surface area (Å²) in [6, 6.07) is 10.3. The van der Waals surface area contributed by atoms with Crippen molar-refractivity contribution in [2.75, 3.05) is 6.61 Å². The second kappa shape index (κ2) is 9.69. The number of benzene rings is 1. The minimum atomic E-state index is -0.0336. The highest BCUT2D eigenvalue weighted by Gasteiger charge is 2.25. The van der Waals surface area contributed by atoms with E-state index in [2.05, 4.69) is 32.9 Å². The molecule has 0 aliphatic carbocycles. The van der Waals surface area contributed by atoms with Gasteiger partial charge in [0.05, 0.1) is 13.0 Å². The van der Waals surface area contributed by atoms with Gasteiger partial charge in [-0.3, -0.25) is 4.79 Å². The summed E-state index contributed by atoms with van der Waals surface area (Å²) in [5, 5.41) is 0. The molecule has 0 bridgehead atoms. The molecule has 18 heavy (non-hydrogen) atoms. The van der Waals surface area contributed by atoms with E-state index in [1.807, 2.05) is 32.0 Å². The molecule has 0 saturated carbocycles. The van der Waals surface area contributed by atoms with E-state index in [-0.39, 0.29) is 5.97 Å². The number of hydrogen-bond donors (Lipinski definition) is 0. The first-order chi connectivity index (χ1) is 8.59. The second-order valence-electron chi connectivity index (χ2n) is 4.55. The van der Waals surface area contributed by atoms with Crippen LogP contribution in [0, 0.1) is 18.8 Å². The van der Waals surface area contributed by atoms with Crippen LogP contribution in [-0.2, 0) is 9.53 Å². The zero-order chi connectivity index (χ0) is 14.0. The largest absolute Gasteiger partial charge is 0.465 e. The third kappa shape index (κ3) is 7.10. The Balaban J connectivity index is 0.000000289. The van der Waals surface area contributed by atoms with Gasteiger partial charge in [-0.05, 0) is 12.8 Å². The van der Waals surface area contributed by atoms with Gasteiger partial charge in [-0.25, -0.2) is 0 Å². The molecule has 2 rings (SSSR count). The summed E-state index contributed by atoms with van der Waals surface area (Å²) in [5.74, 6) is 1.02. The van der Waals surface area contributed by atoms with Gasteiger partial charge in [-0.15, -0.1) is 0 Å².